The largest absolute Gasteiger partial charge is 0.398 e. The van der Waals surface area contributed by atoms with Gasteiger partial charge in [-0.15, -0.1) is 0 Å². The van der Waals surface area contributed by atoms with Crippen LogP contribution in [0.15, 0.2) is 12.1 Å². The lowest BCUT2D eigenvalue weighted by atomic mass is 9.99. The topological polar surface area (TPSA) is 52.0 Å². The highest BCUT2D eigenvalue weighted by Gasteiger charge is 2.16. The van der Waals surface area contributed by atoms with Gasteiger partial charge in [-0.3, -0.25) is 0 Å². The number of benzene rings is 1. The van der Waals surface area contributed by atoms with Crippen molar-refractivity contribution in [1.29, 1.82) is 0 Å². The van der Waals surface area contributed by atoms with Crippen LogP contribution in [0, 0.1) is 0 Å². The minimum Gasteiger partial charge on any atom is -0.398 e. The van der Waals surface area contributed by atoms with Gasteiger partial charge in [-0.1, -0.05) is 12.1 Å². The van der Waals surface area contributed by atoms with E-state index in [2.05, 4.69) is 12.1 Å². The van der Waals surface area contributed by atoms with Crippen LogP contribution in [0.2, 0.25) is 0 Å². The molecule has 13 heavy (non-hydrogen) atoms. The second-order valence-electron chi connectivity index (χ2n) is 3.85. The summed E-state index contributed by atoms with van der Waals surface area (Å²) >= 11 is 0. The molecule has 1 aliphatic rings. The lowest BCUT2D eigenvalue weighted by Gasteiger charge is -2.13. The van der Waals surface area contributed by atoms with Crippen molar-refractivity contribution < 1.29 is 0 Å². The quantitative estimate of drug-likeness (QED) is 0.641. The lowest BCUT2D eigenvalue weighted by Crippen LogP contribution is -2.09. The number of aryl methyl sites for hydroxylation is 1. The second kappa shape index (κ2) is 3.04. The fourth-order valence-corrected chi connectivity index (χ4v) is 2.11. The maximum absolute atomic E-state index is 6.06. The van der Waals surface area contributed by atoms with Gasteiger partial charge in [0.05, 0.1) is 0 Å². The Balaban J connectivity index is 2.52. The number of nitrogen functional groups attached to an aromatic ring is 1. The van der Waals surface area contributed by atoms with E-state index in [0.29, 0.717) is 0 Å². The summed E-state index contributed by atoms with van der Waals surface area (Å²) in [7, 11) is 0. The van der Waals surface area contributed by atoms with Gasteiger partial charge >= 0.3 is 0 Å². The molecule has 1 aliphatic carbocycles. The van der Waals surface area contributed by atoms with Gasteiger partial charge in [0.2, 0.25) is 0 Å². The molecule has 0 saturated carbocycles. The molecule has 1 atom stereocenters. The van der Waals surface area contributed by atoms with Gasteiger partial charge in [0, 0.05) is 11.7 Å². The zero-order valence-corrected chi connectivity index (χ0v) is 8.01. The molecule has 0 heterocycles. The molecule has 1 unspecified atom stereocenters. The standard InChI is InChI=1S/C11H16N2/c1-7(12)9-6-5-8-3-2-4-10(8)11(9)13/h5-7H,2-4,12-13H2,1H3. The number of rotatable bonds is 1. The van der Waals surface area contributed by atoms with Gasteiger partial charge in [0.1, 0.15) is 0 Å². The highest BCUT2D eigenvalue weighted by atomic mass is 14.7. The first-order valence-corrected chi connectivity index (χ1v) is 4.86. The van der Waals surface area contributed by atoms with Gasteiger partial charge in [-0.2, -0.15) is 0 Å². The van der Waals surface area contributed by atoms with Crippen LogP contribution in [0.5, 0.6) is 0 Å². The first-order chi connectivity index (χ1) is 6.20. The Kier molecular flexibility index (Phi) is 2.00. The molecule has 2 rings (SSSR count). The summed E-state index contributed by atoms with van der Waals surface area (Å²) in [5.41, 5.74) is 16.7. The Morgan fingerprint density at radius 2 is 2.08 bits per heavy atom. The van der Waals surface area contributed by atoms with Crippen molar-refractivity contribution in [1.82, 2.24) is 0 Å². The van der Waals surface area contributed by atoms with Crippen molar-refractivity contribution in [2.75, 3.05) is 5.73 Å². The monoisotopic (exact) mass is 176 g/mol. The summed E-state index contributed by atoms with van der Waals surface area (Å²) in [5.74, 6) is 0. The van der Waals surface area contributed by atoms with Crippen LogP contribution in [0.1, 0.15) is 36.1 Å². The van der Waals surface area contributed by atoms with Crippen molar-refractivity contribution in [2.24, 2.45) is 5.73 Å². The molecule has 1 aromatic carbocycles. The molecule has 0 radical (unpaired) electrons. The number of nitrogens with two attached hydrogens (primary N) is 2. The molecule has 0 aromatic heterocycles. The highest BCUT2D eigenvalue weighted by Crippen LogP contribution is 2.31. The smallest absolute Gasteiger partial charge is 0.0397 e. The third-order valence-electron chi connectivity index (χ3n) is 2.85. The summed E-state index contributed by atoms with van der Waals surface area (Å²) in [6, 6.07) is 4.30. The molecule has 1 aromatic rings. The third kappa shape index (κ3) is 1.31. The SMILES string of the molecule is CC(N)c1ccc2c(c1N)CCC2. The Morgan fingerprint density at radius 3 is 2.77 bits per heavy atom. The molecule has 0 aliphatic heterocycles. The fraction of sp³-hybridized carbons (Fsp3) is 0.455. The van der Waals surface area contributed by atoms with Crippen molar-refractivity contribution in [2.45, 2.75) is 32.2 Å². The average Bonchev–Trinajstić information content (AvgIpc) is 2.52. The van der Waals surface area contributed by atoms with Gasteiger partial charge in [-0.25, -0.2) is 0 Å². The zero-order valence-electron chi connectivity index (χ0n) is 8.01. The van der Waals surface area contributed by atoms with E-state index in [1.807, 2.05) is 6.92 Å². The minimum absolute atomic E-state index is 0.0471. The molecule has 0 amide bonds. The van der Waals surface area contributed by atoms with E-state index in [1.54, 1.807) is 0 Å². The number of fused-ring (bicyclic) bond motifs is 1. The lowest BCUT2D eigenvalue weighted by molar-refractivity contribution is 0.819. The Labute approximate surface area is 78.9 Å². The fourth-order valence-electron chi connectivity index (χ4n) is 2.11. The zero-order chi connectivity index (χ0) is 9.42. The van der Waals surface area contributed by atoms with Crippen molar-refractivity contribution >= 4 is 5.69 Å². The van der Waals surface area contributed by atoms with E-state index in [-0.39, 0.29) is 6.04 Å². The number of hydrogen-bond acceptors (Lipinski definition) is 2. The molecule has 0 fully saturated rings. The molecule has 2 heteroatoms. The molecule has 0 bridgehead atoms. The van der Waals surface area contributed by atoms with Crippen LogP contribution in [0.4, 0.5) is 5.69 Å². The Morgan fingerprint density at radius 1 is 1.31 bits per heavy atom. The molecule has 0 spiro atoms. The Hall–Kier alpha value is -1.02. The summed E-state index contributed by atoms with van der Waals surface area (Å²) in [6.07, 6.45) is 3.54. The van der Waals surface area contributed by atoms with E-state index in [9.17, 15) is 0 Å². The van der Waals surface area contributed by atoms with Crippen LogP contribution >= 0.6 is 0 Å². The molecule has 2 nitrogen and oxygen atoms in total. The van der Waals surface area contributed by atoms with Gasteiger partial charge < -0.3 is 11.5 Å². The molecular formula is C11H16N2. The van der Waals surface area contributed by atoms with Crippen molar-refractivity contribution in [3.8, 4) is 0 Å². The van der Waals surface area contributed by atoms with E-state index in [1.165, 1.54) is 24.0 Å². The summed E-state index contributed by atoms with van der Waals surface area (Å²) in [4.78, 5) is 0. The second-order valence-corrected chi connectivity index (χ2v) is 3.85. The van der Waals surface area contributed by atoms with Gasteiger partial charge in [-0.05, 0) is 42.9 Å². The van der Waals surface area contributed by atoms with Crippen LogP contribution in [-0.4, -0.2) is 0 Å². The van der Waals surface area contributed by atoms with Crippen LogP contribution in [0.25, 0.3) is 0 Å². The third-order valence-corrected chi connectivity index (χ3v) is 2.85. The summed E-state index contributed by atoms with van der Waals surface area (Å²) in [6.45, 7) is 1.98. The van der Waals surface area contributed by atoms with E-state index < -0.39 is 0 Å². The Bertz CT molecular complexity index is 329. The van der Waals surface area contributed by atoms with Gasteiger partial charge in [0.15, 0.2) is 0 Å². The highest BCUT2D eigenvalue weighted by molar-refractivity contribution is 5.59. The normalized spacial score (nSPS) is 17.1. The first kappa shape index (κ1) is 8.57. The van der Waals surface area contributed by atoms with Crippen LogP contribution in [-0.2, 0) is 12.8 Å². The van der Waals surface area contributed by atoms with Crippen molar-refractivity contribution in [3.63, 3.8) is 0 Å². The summed E-state index contributed by atoms with van der Waals surface area (Å²) in [5, 5.41) is 0. The predicted octanol–water partition coefficient (Wildman–Crippen LogP) is 1.78. The molecular weight excluding hydrogens is 160 g/mol. The van der Waals surface area contributed by atoms with E-state index >= 15 is 0 Å². The first-order valence-electron chi connectivity index (χ1n) is 4.86. The van der Waals surface area contributed by atoms with Crippen molar-refractivity contribution in [3.05, 3.63) is 28.8 Å². The van der Waals surface area contributed by atoms with E-state index in [0.717, 1.165) is 17.7 Å². The summed E-state index contributed by atoms with van der Waals surface area (Å²) < 4.78 is 0. The molecule has 70 valence electrons. The maximum atomic E-state index is 6.06. The number of hydrogen-bond donors (Lipinski definition) is 2. The minimum atomic E-state index is 0.0471. The number of anilines is 1. The molecule has 4 N–H and O–H groups in total. The van der Waals surface area contributed by atoms with Gasteiger partial charge in [0.25, 0.3) is 0 Å². The molecule has 0 saturated heterocycles. The average molecular weight is 176 g/mol. The maximum Gasteiger partial charge on any atom is 0.0397 e. The van der Waals surface area contributed by atoms with Crippen LogP contribution < -0.4 is 11.5 Å². The van der Waals surface area contributed by atoms with Crippen LogP contribution in [0.3, 0.4) is 0 Å². The van der Waals surface area contributed by atoms with E-state index in [4.69, 9.17) is 11.5 Å². The predicted molar refractivity (Wildman–Crippen MR) is 55.5 cm³/mol.